The van der Waals surface area contributed by atoms with Crippen molar-refractivity contribution in [1.82, 2.24) is 15.0 Å². The number of amides is 1. The minimum Gasteiger partial charge on any atom is -0.485 e. The molecule has 0 spiro atoms. The second-order valence-corrected chi connectivity index (χ2v) is 6.56. The quantitative estimate of drug-likeness (QED) is 0.826. The molecule has 4 rings (SSSR count). The maximum absolute atomic E-state index is 12.4. The molecule has 1 atom stereocenters. The van der Waals surface area contributed by atoms with Crippen LogP contribution in [0.5, 0.6) is 5.75 Å². The van der Waals surface area contributed by atoms with Crippen LogP contribution in [0.4, 0.5) is 5.82 Å². The normalized spacial score (nSPS) is 20.2. The first-order valence-corrected chi connectivity index (χ1v) is 8.83. The molecular weight excluding hydrogens is 320 g/mol. The molecule has 0 radical (unpaired) electrons. The number of carbonyl (C=O) groups excluding carboxylic acids is 1. The summed E-state index contributed by atoms with van der Waals surface area (Å²) in [7, 11) is 0. The van der Waals surface area contributed by atoms with Crippen molar-refractivity contribution in [2.45, 2.75) is 31.8 Å². The highest BCUT2D eigenvalue weighted by molar-refractivity contribution is 5.78. The topological polar surface area (TPSA) is 71.7 Å². The lowest BCUT2D eigenvalue weighted by Gasteiger charge is -2.22. The van der Waals surface area contributed by atoms with Gasteiger partial charge in [-0.15, -0.1) is 0 Å². The van der Waals surface area contributed by atoms with Crippen molar-refractivity contribution in [3.05, 3.63) is 36.4 Å². The summed E-state index contributed by atoms with van der Waals surface area (Å²) in [6.07, 6.45) is 6.80. The van der Waals surface area contributed by atoms with Crippen LogP contribution in [0.1, 0.15) is 25.0 Å². The number of likely N-dealkylation sites (tertiary alicyclic amines) is 1. The zero-order chi connectivity index (χ0) is 17.1. The fraction of sp³-hybridized carbons (Fsp3) is 0.500. The van der Waals surface area contributed by atoms with Crippen LogP contribution < -0.4 is 9.64 Å². The van der Waals surface area contributed by atoms with E-state index in [1.807, 2.05) is 23.2 Å². The summed E-state index contributed by atoms with van der Waals surface area (Å²) >= 11 is 0. The van der Waals surface area contributed by atoms with Gasteiger partial charge in [-0.2, -0.15) is 0 Å². The predicted molar refractivity (Wildman–Crippen MR) is 91.5 cm³/mol. The zero-order valence-electron chi connectivity index (χ0n) is 14.1. The second-order valence-electron chi connectivity index (χ2n) is 6.56. The van der Waals surface area contributed by atoms with Crippen molar-refractivity contribution in [2.24, 2.45) is 0 Å². The third-order valence-corrected chi connectivity index (χ3v) is 4.77. The van der Waals surface area contributed by atoms with E-state index in [0.717, 1.165) is 31.1 Å². The molecule has 2 aliphatic rings. The van der Waals surface area contributed by atoms with Gasteiger partial charge in [0.2, 0.25) is 5.91 Å². The van der Waals surface area contributed by atoms with Gasteiger partial charge in [-0.25, -0.2) is 4.98 Å². The molecule has 2 aromatic rings. The standard InChI is InChI=1S/C18H22N4O3/c23-17(12-14-6-11-24-20-14)22-10-5-15(13-22)25-16-4-3-7-19-18(16)21-8-1-2-9-21/h3-4,6-7,11,15H,1-2,5,8-10,12-13H2/t15-/m0/s1. The number of pyridine rings is 1. The molecule has 0 bridgehead atoms. The Labute approximate surface area is 146 Å². The SMILES string of the molecule is O=C(Cc1ccon1)N1CC[C@H](Oc2cccnc2N2CCCC2)C1. The molecule has 2 aliphatic heterocycles. The van der Waals surface area contributed by atoms with E-state index in [-0.39, 0.29) is 18.4 Å². The third kappa shape index (κ3) is 3.60. The lowest BCUT2D eigenvalue weighted by atomic mass is 10.3. The first-order valence-electron chi connectivity index (χ1n) is 8.83. The van der Waals surface area contributed by atoms with Crippen molar-refractivity contribution in [1.29, 1.82) is 0 Å². The molecule has 7 heteroatoms. The molecule has 2 saturated heterocycles. The summed E-state index contributed by atoms with van der Waals surface area (Å²) in [5, 5.41) is 3.80. The molecule has 2 aromatic heterocycles. The van der Waals surface area contributed by atoms with Crippen LogP contribution >= 0.6 is 0 Å². The number of anilines is 1. The minimum atomic E-state index is 0.00631. The van der Waals surface area contributed by atoms with Gasteiger partial charge in [-0.3, -0.25) is 4.79 Å². The molecule has 1 amide bonds. The third-order valence-electron chi connectivity index (χ3n) is 4.77. The van der Waals surface area contributed by atoms with E-state index >= 15 is 0 Å². The fourth-order valence-corrected chi connectivity index (χ4v) is 3.47. The first kappa shape index (κ1) is 15.9. The van der Waals surface area contributed by atoms with Crippen LogP contribution in [0.25, 0.3) is 0 Å². The van der Waals surface area contributed by atoms with Crippen LogP contribution in [-0.4, -0.2) is 53.2 Å². The summed E-state index contributed by atoms with van der Waals surface area (Å²) in [5.41, 5.74) is 0.665. The number of carbonyl (C=O) groups is 1. The van der Waals surface area contributed by atoms with Gasteiger partial charge >= 0.3 is 0 Å². The Kier molecular flexibility index (Phi) is 4.54. The minimum absolute atomic E-state index is 0.00631. The van der Waals surface area contributed by atoms with Gasteiger partial charge in [0.15, 0.2) is 11.6 Å². The van der Waals surface area contributed by atoms with Gasteiger partial charge in [0, 0.05) is 38.3 Å². The summed E-state index contributed by atoms with van der Waals surface area (Å²) in [4.78, 5) is 21.0. The van der Waals surface area contributed by atoms with Crippen molar-refractivity contribution >= 4 is 11.7 Å². The van der Waals surface area contributed by atoms with Crippen LogP contribution in [0.15, 0.2) is 35.2 Å². The Morgan fingerprint density at radius 3 is 2.96 bits per heavy atom. The van der Waals surface area contributed by atoms with Gasteiger partial charge in [0.25, 0.3) is 0 Å². The Morgan fingerprint density at radius 2 is 2.16 bits per heavy atom. The molecule has 0 N–H and O–H groups in total. The highest BCUT2D eigenvalue weighted by Gasteiger charge is 2.29. The molecule has 7 nitrogen and oxygen atoms in total. The number of rotatable bonds is 5. The molecule has 2 fully saturated rings. The van der Waals surface area contributed by atoms with Crippen LogP contribution in [0.2, 0.25) is 0 Å². The number of hydrogen-bond acceptors (Lipinski definition) is 6. The number of aromatic nitrogens is 2. The van der Waals surface area contributed by atoms with Crippen molar-refractivity contribution in [2.75, 3.05) is 31.1 Å². The van der Waals surface area contributed by atoms with E-state index in [1.165, 1.54) is 19.1 Å². The fourth-order valence-electron chi connectivity index (χ4n) is 3.47. The van der Waals surface area contributed by atoms with Crippen molar-refractivity contribution < 1.29 is 14.1 Å². The summed E-state index contributed by atoms with van der Waals surface area (Å²) in [5.74, 6) is 1.80. The summed E-state index contributed by atoms with van der Waals surface area (Å²) in [6, 6.07) is 5.60. The number of ether oxygens (including phenoxy) is 1. The Hall–Kier alpha value is -2.57. The van der Waals surface area contributed by atoms with Gasteiger partial charge in [0.05, 0.1) is 18.7 Å². The monoisotopic (exact) mass is 342 g/mol. The van der Waals surface area contributed by atoms with Gasteiger partial charge in [-0.05, 0) is 25.0 Å². The Balaban J connectivity index is 1.37. The van der Waals surface area contributed by atoms with E-state index < -0.39 is 0 Å². The predicted octanol–water partition coefficient (Wildman–Crippen LogP) is 1.89. The lowest BCUT2D eigenvalue weighted by Crippen LogP contribution is -2.32. The Bertz CT molecular complexity index is 713. The first-order chi connectivity index (χ1) is 12.3. The van der Waals surface area contributed by atoms with E-state index in [1.54, 1.807) is 6.07 Å². The molecule has 25 heavy (non-hydrogen) atoms. The Morgan fingerprint density at radius 1 is 1.28 bits per heavy atom. The maximum atomic E-state index is 12.4. The largest absolute Gasteiger partial charge is 0.485 e. The van der Waals surface area contributed by atoms with Gasteiger partial charge in [0.1, 0.15) is 12.4 Å². The average molecular weight is 342 g/mol. The van der Waals surface area contributed by atoms with Crippen molar-refractivity contribution in [3.8, 4) is 5.75 Å². The van der Waals surface area contributed by atoms with Gasteiger partial charge in [-0.1, -0.05) is 5.16 Å². The van der Waals surface area contributed by atoms with Crippen LogP contribution in [0, 0.1) is 0 Å². The summed E-state index contributed by atoms with van der Waals surface area (Å²) in [6.45, 7) is 3.37. The smallest absolute Gasteiger partial charge is 0.228 e. The molecule has 0 aliphatic carbocycles. The van der Waals surface area contributed by atoms with E-state index in [9.17, 15) is 4.79 Å². The molecular formula is C18H22N4O3. The highest BCUT2D eigenvalue weighted by atomic mass is 16.5. The number of nitrogens with zero attached hydrogens (tertiary/aromatic N) is 4. The molecule has 0 aromatic carbocycles. The summed E-state index contributed by atoms with van der Waals surface area (Å²) < 4.78 is 11.0. The molecule has 132 valence electrons. The lowest BCUT2D eigenvalue weighted by molar-refractivity contribution is -0.129. The molecule has 0 saturated carbocycles. The number of hydrogen-bond donors (Lipinski definition) is 0. The average Bonchev–Trinajstić information content (AvgIpc) is 3.38. The van der Waals surface area contributed by atoms with Crippen LogP contribution in [-0.2, 0) is 11.2 Å². The highest BCUT2D eigenvalue weighted by Crippen LogP contribution is 2.30. The van der Waals surface area contributed by atoms with E-state index in [2.05, 4.69) is 15.0 Å². The zero-order valence-corrected chi connectivity index (χ0v) is 14.1. The maximum Gasteiger partial charge on any atom is 0.228 e. The van der Waals surface area contributed by atoms with Gasteiger partial charge < -0.3 is 19.1 Å². The van der Waals surface area contributed by atoms with Crippen molar-refractivity contribution in [3.63, 3.8) is 0 Å². The molecule has 4 heterocycles. The van der Waals surface area contributed by atoms with Crippen LogP contribution in [0.3, 0.4) is 0 Å². The second kappa shape index (κ2) is 7.13. The van der Waals surface area contributed by atoms with E-state index in [0.29, 0.717) is 18.8 Å². The molecule has 0 unspecified atom stereocenters. The van der Waals surface area contributed by atoms with E-state index in [4.69, 9.17) is 9.26 Å².